The Morgan fingerprint density at radius 3 is 1.31 bits per heavy atom. The average Bonchev–Trinajstić information content (AvgIpc) is 0.920. The molecule has 0 saturated carbocycles. The van der Waals surface area contributed by atoms with Gasteiger partial charge in [-0.3, -0.25) is 38.5 Å². The maximum absolute atomic E-state index is 13.3. The third-order valence-corrected chi connectivity index (χ3v) is 26.3. The molecular formula is C79H93Cl6N9O22S3. The number of halogens is 6. The normalized spacial score (nSPS) is 18.2. The lowest BCUT2D eigenvalue weighted by Gasteiger charge is -2.33. The molecule has 5 heterocycles. The van der Waals surface area contributed by atoms with E-state index >= 15 is 0 Å². The topological polar surface area (TPSA) is 435 Å². The molecule has 0 bridgehead atoms. The van der Waals surface area contributed by atoms with Crippen LogP contribution in [-0.4, -0.2) is 261 Å². The Labute approximate surface area is 719 Å². The summed E-state index contributed by atoms with van der Waals surface area (Å²) >= 11 is 38.3. The number of hydrogen-bond acceptors (Lipinski definition) is 26. The van der Waals surface area contributed by atoms with Gasteiger partial charge in [0.2, 0.25) is 31.9 Å². The summed E-state index contributed by atoms with van der Waals surface area (Å²) in [5.41, 5.74) is 13.8. The van der Waals surface area contributed by atoms with E-state index in [1.807, 2.05) is 57.5 Å². The van der Waals surface area contributed by atoms with E-state index in [1.54, 1.807) is 66.7 Å². The zero-order valence-electron chi connectivity index (χ0n) is 65.1. The van der Waals surface area contributed by atoms with Crippen LogP contribution in [0.4, 0.5) is 0 Å². The Kier molecular flexibility index (Phi) is 35.3. The van der Waals surface area contributed by atoms with Gasteiger partial charge in [0.25, 0.3) is 17.7 Å². The number of ketones is 2. The van der Waals surface area contributed by atoms with Crippen molar-refractivity contribution < 1.29 is 103 Å². The molecule has 40 heteroatoms. The lowest BCUT2D eigenvalue weighted by molar-refractivity contribution is -0.206. The second-order valence-electron chi connectivity index (χ2n) is 28.9. The number of ether oxygens (including phenoxy) is 3. The van der Waals surface area contributed by atoms with E-state index in [9.17, 15) is 84.0 Å². The number of hydroxylamine groups is 2. The number of carbonyl (C=O) groups is 8. The van der Waals surface area contributed by atoms with Gasteiger partial charge in [0.15, 0.2) is 39.7 Å². The van der Waals surface area contributed by atoms with Crippen molar-refractivity contribution >= 4 is 147 Å². The quantitative estimate of drug-likeness (QED) is 0.0173. The summed E-state index contributed by atoms with van der Waals surface area (Å²) in [6.45, 7) is 4.56. The van der Waals surface area contributed by atoms with Crippen molar-refractivity contribution in [2.45, 2.75) is 121 Å². The molecule has 0 spiro atoms. The first-order valence-electron chi connectivity index (χ1n) is 37.8. The van der Waals surface area contributed by atoms with E-state index in [4.69, 9.17) is 89.5 Å². The number of aliphatic hydroxyl groups is 4. The van der Waals surface area contributed by atoms with E-state index < -0.39 is 108 Å². The van der Waals surface area contributed by atoms with Crippen molar-refractivity contribution in [3.05, 3.63) is 189 Å². The molecule has 119 heavy (non-hydrogen) atoms. The molecule has 5 aliphatic heterocycles. The summed E-state index contributed by atoms with van der Waals surface area (Å²) in [5, 5.41) is 45.8. The standard InChI is InChI=1S/C46H54Cl4N4O10S2.C20H25Cl2N3O3S.C13H14N2O9/c1-53-25-37(35-21-31(47)23-41(49)39(35)27-53)29-7-3-9-33(19-29)65(59,60)18-6-15-63-14-5-11-43(55)44(56)45(57)46(58)51-12-16-64-17-13-52-66(61,62)34-10-4-8-30(20-34)38-26-54(2)28-40-36(38)22-32(48)24-42(40)50;1-25-12-18(17-10-15(21)11-20(22)19(17)13-25)14-3-2-4-16(9-14)29(26,27)24-6-8-28-7-5-23;16-6(5-14-7(17)1-2-8(14)18)11(21)12(22)13(23)24-15-9(19)3-4-10(15)20/h3-4,7-10,19-24,37-38,44-45,52,56-57H,5-6,11-18,25-28H2,1-2H3,(H,51,58);2-4,9-11,18,24H,5-8,12-13,23H2,1H3;11-12,21-22H,1-5H2. The summed E-state index contributed by atoms with van der Waals surface area (Å²) in [5.74, 6) is -7.74. The van der Waals surface area contributed by atoms with Crippen molar-refractivity contribution in [2.24, 2.45) is 5.73 Å². The summed E-state index contributed by atoms with van der Waals surface area (Å²) in [4.78, 5) is 106. The molecule has 0 radical (unpaired) electrons. The Hall–Kier alpha value is -7.05. The Balaban J connectivity index is 0.000000247. The molecule has 9 N–H and O–H groups in total. The number of benzene rings is 6. The number of imide groups is 2. The molecule has 5 aliphatic rings. The van der Waals surface area contributed by atoms with Crippen LogP contribution in [0.2, 0.25) is 30.1 Å². The Bertz CT molecular complexity index is 4820. The van der Waals surface area contributed by atoms with Gasteiger partial charge in [-0.2, -0.15) is 0 Å². The lowest BCUT2D eigenvalue weighted by Crippen LogP contribution is -2.48. The number of sulfonamides is 2. The van der Waals surface area contributed by atoms with Crippen molar-refractivity contribution in [3.8, 4) is 0 Å². The number of nitrogens with two attached hydrogens (primary N) is 1. The number of likely N-dealkylation sites (tertiary alicyclic amines) is 1. The van der Waals surface area contributed by atoms with Gasteiger partial charge in [-0.25, -0.2) is 39.5 Å². The summed E-state index contributed by atoms with van der Waals surface area (Å²) in [7, 11) is -5.22. The number of rotatable bonds is 36. The zero-order valence-corrected chi connectivity index (χ0v) is 72.0. The molecule has 11 rings (SSSR count). The van der Waals surface area contributed by atoms with E-state index in [2.05, 4.69) is 34.3 Å². The molecule has 5 amide bonds. The first kappa shape index (κ1) is 95.8. The second kappa shape index (κ2) is 43.8. The molecule has 6 aromatic carbocycles. The minimum atomic E-state index is -3.90. The molecule has 31 nitrogen and oxygen atoms in total. The minimum Gasteiger partial charge on any atom is -0.382 e. The average molecular weight is 1830 g/mol. The fraction of sp³-hybridized carbons (Fsp3) is 0.443. The van der Waals surface area contributed by atoms with Crippen LogP contribution < -0.4 is 20.5 Å². The highest BCUT2D eigenvalue weighted by molar-refractivity contribution is 7.91. The third-order valence-electron chi connectivity index (χ3n) is 20.0. The number of Topliss-reactive ketones (excluding diaryl/α,β-unsaturated/α-hetero) is 2. The van der Waals surface area contributed by atoms with Gasteiger partial charge in [-0.15, -0.1) is 5.06 Å². The molecule has 6 aromatic rings. The smallest absolute Gasteiger partial charge is 0.364 e. The molecule has 7 unspecified atom stereocenters. The maximum atomic E-state index is 13.3. The fourth-order valence-corrected chi connectivity index (χ4v) is 19.1. The van der Waals surface area contributed by atoms with Crippen LogP contribution >= 0.6 is 69.6 Å². The highest BCUT2D eigenvalue weighted by Gasteiger charge is 2.41. The molecule has 2 fully saturated rings. The van der Waals surface area contributed by atoms with Gasteiger partial charge in [0.05, 0.1) is 53.4 Å². The number of nitrogens with one attached hydrogen (secondary N) is 3. The SMILES string of the molecule is CN1Cc2c(Cl)cc(Cl)cc2C(c2cccc(S(=O)(=O)CCCOCCCC(=O)C(O)C(O)C(=O)NCCOCCNS(=O)(=O)c3cccc(C4CN(C)Cc5c(Cl)cc(Cl)cc54)c3)c2)C1.CN1Cc2c(Cl)cc(Cl)cc2C(c2cccc(S(=O)(=O)NCCOCCN)c2)C1.O=C(CN1C(=O)CCC1=O)C(O)C(O)C(=O)ON1C(=O)CCC1=O. The second-order valence-corrected chi connectivity index (χ2v) is 37.1. The van der Waals surface area contributed by atoms with E-state index in [-0.39, 0.29) is 141 Å². The number of aliphatic hydroxyl groups excluding tert-OH is 4. The third kappa shape index (κ3) is 26.0. The zero-order chi connectivity index (χ0) is 86.8. The predicted molar refractivity (Wildman–Crippen MR) is 441 cm³/mol. The number of carbonyl (C=O) groups excluding carboxylic acids is 8. The molecule has 0 aromatic heterocycles. The predicted octanol–water partition coefficient (Wildman–Crippen LogP) is 5.68. The molecule has 0 aliphatic carbocycles. The first-order valence-corrected chi connectivity index (χ1v) is 44.7. The Morgan fingerprint density at radius 2 is 0.866 bits per heavy atom. The maximum Gasteiger partial charge on any atom is 0.364 e. The van der Waals surface area contributed by atoms with Crippen molar-refractivity contribution in [1.82, 2.24) is 39.4 Å². The summed E-state index contributed by atoms with van der Waals surface area (Å²) in [6.07, 6.45) is -8.93. The molecular weight excluding hydrogens is 1740 g/mol. The van der Waals surface area contributed by atoms with Crippen molar-refractivity contribution in [2.75, 3.05) is 119 Å². The van der Waals surface area contributed by atoms with Gasteiger partial charge in [0, 0.05) is 159 Å². The monoisotopic (exact) mass is 1830 g/mol. The van der Waals surface area contributed by atoms with Crippen LogP contribution in [0.25, 0.3) is 0 Å². The number of nitrogens with zero attached hydrogens (tertiary/aromatic N) is 5. The van der Waals surface area contributed by atoms with E-state index in [0.717, 1.165) is 63.2 Å². The number of fused-ring (bicyclic) bond motifs is 3. The van der Waals surface area contributed by atoms with E-state index in [1.165, 1.54) is 6.07 Å². The van der Waals surface area contributed by atoms with E-state index in [0.29, 0.717) is 74.4 Å². The highest BCUT2D eigenvalue weighted by Crippen LogP contribution is 2.43. The van der Waals surface area contributed by atoms with Crippen LogP contribution in [0.3, 0.4) is 0 Å². The van der Waals surface area contributed by atoms with Crippen LogP contribution in [0.15, 0.2) is 124 Å². The molecule has 2 saturated heterocycles. The van der Waals surface area contributed by atoms with Crippen molar-refractivity contribution in [3.63, 3.8) is 0 Å². The summed E-state index contributed by atoms with van der Waals surface area (Å²) in [6, 6.07) is 31.4. The van der Waals surface area contributed by atoms with Crippen molar-refractivity contribution in [1.29, 1.82) is 0 Å². The number of amides is 5. The molecule has 7 atom stereocenters. The van der Waals surface area contributed by atoms with Crippen LogP contribution in [0.1, 0.15) is 113 Å². The summed E-state index contributed by atoms with van der Waals surface area (Å²) < 4.78 is 99.5. The van der Waals surface area contributed by atoms with Gasteiger partial charge >= 0.3 is 5.97 Å². The minimum absolute atomic E-state index is 0.0247. The van der Waals surface area contributed by atoms with Gasteiger partial charge in [-0.05, 0) is 157 Å². The number of likely N-dealkylation sites (N-methyl/N-ethyl adjacent to an activating group) is 3. The Morgan fingerprint density at radius 1 is 0.479 bits per heavy atom. The van der Waals surface area contributed by atoms with Crippen LogP contribution in [0, 0.1) is 0 Å². The highest BCUT2D eigenvalue weighted by atomic mass is 35.5. The molecule has 646 valence electrons. The van der Waals surface area contributed by atoms with Crippen LogP contribution in [0.5, 0.6) is 0 Å². The van der Waals surface area contributed by atoms with Crippen LogP contribution in [-0.2, 0) is 107 Å². The largest absolute Gasteiger partial charge is 0.382 e. The number of sulfone groups is 1. The fourth-order valence-electron chi connectivity index (χ4n) is 14.0. The lowest BCUT2D eigenvalue weighted by atomic mass is 9.85. The number of hydrogen-bond donors (Lipinski definition) is 8. The van der Waals surface area contributed by atoms with Gasteiger partial charge < -0.3 is 65.2 Å². The first-order chi connectivity index (χ1) is 56.4. The van der Waals surface area contributed by atoms with Gasteiger partial charge in [-0.1, -0.05) is 106 Å². The van der Waals surface area contributed by atoms with Gasteiger partial charge in [0.1, 0.15) is 6.10 Å².